The molecule has 0 aromatic rings. The maximum absolute atomic E-state index is 11.1. The summed E-state index contributed by atoms with van der Waals surface area (Å²) in [5.74, 6) is -0.898. The van der Waals surface area contributed by atoms with Crippen LogP contribution < -0.4 is 16.5 Å². The number of carbonyl (C=O) groups is 2. The van der Waals surface area contributed by atoms with Crippen LogP contribution in [0.3, 0.4) is 0 Å². The minimum atomic E-state index is -0.620. The van der Waals surface area contributed by atoms with Crippen molar-refractivity contribution < 1.29 is 14.4 Å². The largest absolute Gasteiger partial charge is 0.368 e. The summed E-state index contributed by atoms with van der Waals surface area (Å²) in [5.41, 5.74) is 6.92. The molecule has 6 heteroatoms. The van der Waals surface area contributed by atoms with Crippen LogP contribution >= 0.6 is 0 Å². The van der Waals surface area contributed by atoms with Gasteiger partial charge in [0.1, 0.15) is 0 Å². The first-order valence-electron chi connectivity index (χ1n) is 4.48. The molecule has 0 aromatic heterocycles. The minimum absolute atomic E-state index is 0.0807. The van der Waals surface area contributed by atoms with E-state index in [0.717, 1.165) is 6.54 Å². The van der Waals surface area contributed by atoms with Gasteiger partial charge in [0, 0.05) is 12.5 Å². The second-order valence-electron chi connectivity index (χ2n) is 2.94. The smallest absolute Gasteiger partial charge is 0.246 e. The molecule has 0 aliphatic rings. The fourth-order valence-corrected chi connectivity index (χ4v) is 0.928. The van der Waals surface area contributed by atoms with E-state index in [1.165, 1.54) is 0 Å². The Hall–Kier alpha value is -1.14. The summed E-state index contributed by atoms with van der Waals surface area (Å²) < 4.78 is 0. The second-order valence-corrected chi connectivity index (χ2v) is 2.94. The number of rotatable bonds is 7. The molecule has 0 bridgehead atoms. The van der Waals surface area contributed by atoms with Gasteiger partial charge in [0.05, 0.1) is 0 Å². The lowest BCUT2D eigenvalue weighted by Crippen LogP contribution is -2.35. The number of hydroxylamine groups is 1. The average Bonchev–Trinajstić information content (AvgIpc) is 2.03. The van der Waals surface area contributed by atoms with Gasteiger partial charge in [-0.25, -0.2) is 5.48 Å². The maximum Gasteiger partial charge on any atom is 0.246 e. The molecule has 0 aliphatic heterocycles. The maximum atomic E-state index is 11.1. The Bertz CT molecular complexity index is 196. The lowest BCUT2D eigenvalue weighted by Gasteiger charge is -2.11. The molecule has 2 amide bonds. The van der Waals surface area contributed by atoms with E-state index in [1.807, 2.05) is 13.8 Å². The highest BCUT2D eigenvalue weighted by Gasteiger charge is 2.07. The molecule has 0 aromatic carbocycles. The van der Waals surface area contributed by atoms with E-state index in [1.54, 1.807) is 0 Å². The molecule has 0 aliphatic carbocycles. The van der Waals surface area contributed by atoms with Gasteiger partial charge in [0.15, 0.2) is 6.61 Å². The average molecular weight is 203 g/mol. The third-order valence-electron chi connectivity index (χ3n) is 1.44. The summed E-state index contributed by atoms with van der Waals surface area (Å²) in [6.07, 6.45) is 0.298. The van der Waals surface area contributed by atoms with E-state index < -0.39 is 5.91 Å². The standard InChI is InChI=1S/C8H17N3O3/c1-3-10-6(2)4-8(13)11-14-5-7(9)12/h6,10H,3-5H2,1-2H3,(H2,9,12)(H,11,13). The quantitative estimate of drug-likeness (QED) is 0.458. The molecule has 4 N–H and O–H groups in total. The first-order chi connectivity index (χ1) is 6.56. The summed E-state index contributed by atoms with van der Waals surface area (Å²) in [7, 11) is 0. The van der Waals surface area contributed by atoms with Gasteiger partial charge in [-0.1, -0.05) is 6.92 Å². The molecule has 1 unspecified atom stereocenters. The van der Waals surface area contributed by atoms with Crippen LogP contribution in [0.5, 0.6) is 0 Å². The highest BCUT2D eigenvalue weighted by molar-refractivity contribution is 5.77. The topological polar surface area (TPSA) is 93.4 Å². The van der Waals surface area contributed by atoms with Crippen LogP contribution in [0.25, 0.3) is 0 Å². The van der Waals surface area contributed by atoms with Crippen molar-refractivity contribution in [1.82, 2.24) is 10.8 Å². The molecule has 1 atom stereocenters. The number of hydrogen-bond donors (Lipinski definition) is 3. The zero-order valence-corrected chi connectivity index (χ0v) is 8.50. The Morgan fingerprint density at radius 2 is 2.14 bits per heavy atom. The van der Waals surface area contributed by atoms with Gasteiger partial charge in [-0.3, -0.25) is 14.4 Å². The fourth-order valence-electron chi connectivity index (χ4n) is 0.928. The predicted octanol–water partition coefficient (Wildman–Crippen LogP) is -1.09. The molecule has 0 heterocycles. The van der Waals surface area contributed by atoms with Gasteiger partial charge in [-0.2, -0.15) is 0 Å². The first-order valence-corrected chi connectivity index (χ1v) is 4.48. The van der Waals surface area contributed by atoms with Crippen LogP contribution in [0.1, 0.15) is 20.3 Å². The van der Waals surface area contributed by atoms with E-state index in [4.69, 9.17) is 5.73 Å². The lowest BCUT2D eigenvalue weighted by atomic mass is 10.2. The molecule has 14 heavy (non-hydrogen) atoms. The van der Waals surface area contributed by atoms with Crippen molar-refractivity contribution in [3.8, 4) is 0 Å². The number of hydrogen-bond acceptors (Lipinski definition) is 4. The van der Waals surface area contributed by atoms with Crippen LogP contribution in [0.2, 0.25) is 0 Å². The monoisotopic (exact) mass is 203 g/mol. The molecule has 6 nitrogen and oxygen atoms in total. The number of nitrogens with two attached hydrogens (primary N) is 1. The highest BCUT2D eigenvalue weighted by atomic mass is 16.7. The van der Waals surface area contributed by atoms with Crippen molar-refractivity contribution >= 4 is 11.8 Å². The number of primary amides is 1. The molecular weight excluding hydrogens is 186 g/mol. The molecular formula is C8H17N3O3. The molecule has 0 fully saturated rings. The molecule has 0 spiro atoms. The highest BCUT2D eigenvalue weighted by Crippen LogP contribution is 1.89. The zero-order chi connectivity index (χ0) is 11.0. The van der Waals surface area contributed by atoms with E-state index in [2.05, 4.69) is 15.6 Å². The second kappa shape index (κ2) is 7.28. The van der Waals surface area contributed by atoms with Crippen molar-refractivity contribution in [3.63, 3.8) is 0 Å². The third kappa shape index (κ3) is 7.51. The summed E-state index contributed by atoms with van der Waals surface area (Å²) >= 11 is 0. The molecule has 82 valence electrons. The van der Waals surface area contributed by atoms with Gasteiger partial charge in [-0.05, 0) is 13.5 Å². The van der Waals surface area contributed by atoms with Crippen LogP contribution in [0.15, 0.2) is 0 Å². The predicted molar refractivity (Wildman–Crippen MR) is 51.0 cm³/mol. The van der Waals surface area contributed by atoms with Gasteiger partial charge in [0.2, 0.25) is 11.8 Å². The van der Waals surface area contributed by atoms with E-state index in [0.29, 0.717) is 6.42 Å². The first kappa shape index (κ1) is 12.9. The molecule has 0 rings (SSSR count). The molecule has 0 saturated carbocycles. The van der Waals surface area contributed by atoms with Crippen LogP contribution in [0.4, 0.5) is 0 Å². The SMILES string of the molecule is CCNC(C)CC(=O)NOCC(N)=O. The van der Waals surface area contributed by atoms with Crippen molar-refractivity contribution in [1.29, 1.82) is 0 Å². The Kier molecular flexibility index (Phi) is 6.69. The number of amides is 2. The van der Waals surface area contributed by atoms with Crippen LogP contribution in [-0.4, -0.2) is 31.0 Å². The Morgan fingerprint density at radius 3 is 2.64 bits per heavy atom. The Balaban J connectivity index is 3.50. The van der Waals surface area contributed by atoms with Crippen molar-refractivity contribution in [2.75, 3.05) is 13.2 Å². The van der Waals surface area contributed by atoms with Gasteiger partial charge < -0.3 is 11.1 Å². The number of nitrogens with one attached hydrogen (secondary N) is 2. The summed E-state index contributed by atoms with van der Waals surface area (Å²) in [6.45, 7) is 4.34. The van der Waals surface area contributed by atoms with Crippen LogP contribution in [0, 0.1) is 0 Å². The van der Waals surface area contributed by atoms with Gasteiger partial charge in [-0.15, -0.1) is 0 Å². The molecule has 0 saturated heterocycles. The van der Waals surface area contributed by atoms with E-state index >= 15 is 0 Å². The van der Waals surface area contributed by atoms with E-state index in [9.17, 15) is 9.59 Å². The normalized spacial score (nSPS) is 12.1. The molecule has 0 radical (unpaired) electrons. The van der Waals surface area contributed by atoms with Crippen molar-refractivity contribution in [2.45, 2.75) is 26.3 Å². The van der Waals surface area contributed by atoms with Crippen LogP contribution in [-0.2, 0) is 14.4 Å². The fraction of sp³-hybridized carbons (Fsp3) is 0.750. The zero-order valence-electron chi connectivity index (χ0n) is 8.50. The van der Waals surface area contributed by atoms with Gasteiger partial charge >= 0.3 is 0 Å². The summed E-state index contributed by atoms with van der Waals surface area (Å²) in [4.78, 5) is 25.9. The number of carbonyl (C=O) groups excluding carboxylic acids is 2. The van der Waals surface area contributed by atoms with E-state index in [-0.39, 0.29) is 18.6 Å². The summed E-state index contributed by atoms with van der Waals surface area (Å²) in [6, 6.07) is 0.0807. The summed E-state index contributed by atoms with van der Waals surface area (Å²) in [5, 5.41) is 3.07. The Morgan fingerprint density at radius 1 is 1.50 bits per heavy atom. The lowest BCUT2D eigenvalue weighted by molar-refractivity contribution is -0.138. The van der Waals surface area contributed by atoms with Crippen molar-refractivity contribution in [3.05, 3.63) is 0 Å². The minimum Gasteiger partial charge on any atom is -0.368 e. The third-order valence-corrected chi connectivity index (χ3v) is 1.44. The van der Waals surface area contributed by atoms with Crippen molar-refractivity contribution in [2.24, 2.45) is 5.73 Å². The van der Waals surface area contributed by atoms with Gasteiger partial charge in [0.25, 0.3) is 0 Å². The Labute approximate surface area is 83.1 Å².